The van der Waals surface area contributed by atoms with Gasteiger partial charge in [0.1, 0.15) is 6.10 Å². The number of carboxylic acid groups (broad SMARTS) is 1. The third kappa shape index (κ3) is 29.9. The van der Waals surface area contributed by atoms with Gasteiger partial charge in [0.15, 0.2) is 0 Å². The number of unbranched alkanes of at least 4 members (excludes halogenated alkanes) is 8. The number of carbonyl (C=O) groups is 2. The number of hydrogen-bond donors (Lipinski definition) is 1. The van der Waals surface area contributed by atoms with Gasteiger partial charge in [0.25, 0.3) is 0 Å². The van der Waals surface area contributed by atoms with Crippen molar-refractivity contribution in [3.05, 3.63) is 72.9 Å². The summed E-state index contributed by atoms with van der Waals surface area (Å²) in [6.07, 6.45) is 43.5. The maximum Gasteiger partial charge on any atom is 0.306 e. The Balaban J connectivity index is 4.27. The van der Waals surface area contributed by atoms with Crippen molar-refractivity contribution in [2.24, 2.45) is 0 Å². The first-order chi connectivity index (χ1) is 19.6. The fourth-order valence-electron chi connectivity index (χ4n) is 4.13. The Kier molecular flexibility index (Phi) is 28.9. The zero-order valence-electron chi connectivity index (χ0n) is 25.6. The topological polar surface area (TPSA) is 63.6 Å². The van der Waals surface area contributed by atoms with Crippen LogP contribution in [0.1, 0.15) is 136 Å². The number of hydrogen-bond acceptors (Lipinski definition) is 3. The summed E-state index contributed by atoms with van der Waals surface area (Å²) in [4.78, 5) is 23.1. The third-order valence-electron chi connectivity index (χ3n) is 6.41. The number of ether oxygens (including phenoxy) is 1. The number of carboxylic acids is 1. The Morgan fingerprint density at radius 1 is 0.575 bits per heavy atom. The van der Waals surface area contributed by atoms with Crippen LogP contribution in [0.4, 0.5) is 0 Å². The lowest BCUT2D eigenvalue weighted by Gasteiger charge is -2.14. The summed E-state index contributed by atoms with van der Waals surface area (Å²) >= 11 is 0. The molecule has 0 fully saturated rings. The Bertz CT molecular complexity index is 770. The van der Waals surface area contributed by atoms with Crippen molar-refractivity contribution in [2.75, 3.05) is 0 Å². The van der Waals surface area contributed by atoms with Gasteiger partial charge < -0.3 is 9.84 Å². The van der Waals surface area contributed by atoms with Gasteiger partial charge in [0, 0.05) is 12.8 Å². The van der Waals surface area contributed by atoms with Gasteiger partial charge in [-0.05, 0) is 83.1 Å². The molecular formula is C36H58O4. The van der Waals surface area contributed by atoms with Crippen LogP contribution in [-0.2, 0) is 14.3 Å². The first-order valence-corrected chi connectivity index (χ1v) is 15.9. The summed E-state index contributed by atoms with van der Waals surface area (Å²) in [5, 5.41) is 8.73. The van der Waals surface area contributed by atoms with Crippen LogP contribution in [0, 0.1) is 0 Å². The molecule has 0 heterocycles. The quantitative estimate of drug-likeness (QED) is 0.0623. The highest BCUT2D eigenvalue weighted by atomic mass is 16.5. The predicted octanol–water partition coefficient (Wildman–Crippen LogP) is 10.8. The van der Waals surface area contributed by atoms with E-state index in [0.29, 0.717) is 6.42 Å². The minimum Gasteiger partial charge on any atom is -0.481 e. The SMILES string of the molecule is CC/C=C\C/C=C\C/C=C\CCCCCC(=O)OC(/C=C\C/C=C\C/C=C\CC)CCCCCCCCC(=O)O. The van der Waals surface area contributed by atoms with Crippen molar-refractivity contribution in [3.8, 4) is 0 Å². The molecule has 40 heavy (non-hydrogen) atoms. The van der Waals surface area contributed by atoms with E-state index in [1.807, 2.05) is 0 Å². The molecule has 0 amide bonds. The molecule has 0 radical (unpaired) electrons. The van der Waals surface area contributed by atoms with E-state index in [1.165, 1.54) is 0 Å². The summed E-state index contributed by atoms with van der Waals surface area (Å²) in [7, 11) is 0. The van der Waals surface area contributed by atoms with E-state index in [2.05, 4.69) is 86.8 Å². The molecule has 0 aliphatic rings. The average molecular weight is 555 g/mol. The predicted molar refractivity (Wildman–Crippen MR) is 171 cm³/mol. The van der Waals surface area contributed by atoms with Gasteiger partial charge in [-0.2, -0.15) is 0 Å². The van der Waals surface area contributed by atoms with Crippen molar-refractivity contribution in [3.63, 3.8) is 0 Å². The van der Waals surface area contributed by atoms with Gasteiger partial charge in [-0.25, -0.2) is 0 Å². The molecule has 0 aromatic rings. The molecule has 1 atom stereocenters. The maximum atomic E-state index is 12.5. The molecule has 226 valence electrons. The van der Waals surface area contributed by atoms with E-state index < -0.39 is 5.97 Å². The summed E-state index contributed by atoms with van der Waals surface area (Å²) in [6, 6.07) is 0. The fraction of sp³-hybridized carbons (Fsp3) is 0.611. The second kappa shape index (κ2) is 30.9. The molecule has 0 bridgehead atoms. The number of esters is 1. The molecule has 1 unspecified atom stereocenters. The van der Waals surface area contributed by atoms with Crippen molar-refractivity contribution >= 4 is 11.9 Å². The highest BCUT2D eigenvalue weighted by molar-refractivity contribution is 5.69. The number of carbonyl (C=O) groups excluding carboxylic acids is 1. The van der Waals surface area contributed by atoms with Gasteiger partial charge >= 0.3 is 11.9 Å². The maximum absolute atomic E-state index is 12.5. The number of rotatable bonds is 27. The second-order valence-electron chi connectivity index (χ2n) is 10.2. The smallest absolute Gasteiger partial charge is 0.306 e. The van der Waals surface area contributed by atoms with Crippen LogP contribution in [-0.4, -0.2) is 23.1 Å². The molecule has 0 spiro atoms. The standard InChI is InChI=1S/C36H58O4/c1-3-5-7-9-11-13-14-15-16-17-19-25-29-33-36(39)40-34(30-26-22-18-12-10-8-6-4-2)31-27-23-20-21-24-28-32-35(37)38/h5-8,11-13,15-16,18,26,30,34H,3-4,9-10,14,17,19-25,27-29,31-33H2,1-2H3,(H,37,38)/b7-5-,8-6-,13-11-,16-15-,18-12-,30-26-. The van der Waals surface area contributed by atoms with Crippen molar-refractivity contribution in [1.82, 2.24) is 0 Å². The monoisotopic (exact) mass is 554 g/mol. The first kappa shape index (κ1) is 37.4. The second-order valence-corrected chi connectivity index (χ2v) is 10.2. The van der Waals surface area contributed by atoms with Crippen LogP contribution in [0.15, 0.2) is 72.9 Å². The molecule has 0 aromatic heterocycles. The lowest BCUT2D eigenvalue weighted by molar-refractivity contribution is -0.147. The van der Waals surface area contributed by atoms with Crippen LogP contribution in [0.2, 0.25) is 0 Å². The summed E-state index contributed by atoms with van der Waals surface area (Å²) in [6.45, 7) is 4.28. The van der Waals surface area contributed by atoms with Crippen molar-refractivity contribution in [2.45, 2.75) is 142 Å². The highest BCUT2D eigenvalue weighted by Crippen LogP contribution is 2.14. The first-order valence-electron chi connectivity index (χ1n) is 15.9. The Morgan fingerprint density at radius 3 is 1.65 bits per heavy atom. The van der Waals surface area contributed by atoms with E-state index in [-0.39, 0.29) is 18.5 Å². The normalized spacial score (nSPS) is 13.2. The van der Waals surface area contributed by atoms with Crippen LogP contribution in [0.3, 0.4) is 0 Å². The molecule has 0 rings (SSSR count). The number of allylic oxidation sites excluding steroid dienone is 11. The molecule has 1 N–H and O–H groups in total. The molecule has 4 nitrogen and oxygen atoms in total. The molecule has 4 heteroatoms. The van der Waals surface area contributed by atoms with Crippen molar-refractivity contribution < 1.29 is 19.4 Å². The summed E-state index contributed by atoms with van der Waals surface area (Å²) in [5.41, 5.74) is 0. The largest absolute Gasteiger partial charge is 0.481 e. The van der Waals surface area contributed by atoms with E-state index in [4.69, 9.17) is 9.84 Å². The lowest BCUT2D eigenvalue weighted by Crippen LogP contribution is -2.16. The zero-order chi connectivity index (χ0) is 29.4. The van der Waals surface area contributed by atoms with Crippen LogP contribution < -0.4 is 0 Å². The summed E-state index contributed by atoms with van der Waals surface area (Å²) < 4.78 is 5.84. The number of aliphatic carboxylic acids is 1. The van der Waals surface area contributed by atoms with E-state index >= 15 is 0 Å². The minimum absolute atomic E-state index is 0.0960. The van der Waals surface area contributed by atoms with Gasteiger partial charge in [0.05, 0.1) is 0 Å². The van der Waals surface area contributed by atoms with E-state index in [9.17, 15) is 9.59 Å². The van der Waals surface area contributed by atoms with Gasteiger partial charge in [-0.15, -0.1) is 0 Å². The van der Waals surface area contributed by atoms with Crippen molar-refractivity contribution in [1.29, 1.82) is 0 Å². The average Bonchev–Trinajstić information content (AvgIpc) is 2.93. The third-order valence-corrected chi connectivity index (χ3v) is 6.41. The molecule has 0 saturated carbocycles. The molecule has 0 aliphatic heterocycles. The fourth-order valence-corrected chi connectivity index (χ4v) is 4.13. The molecular weight excluding hydrogens is 496 g/mol. The van der Waals surface area contributed by atoms with Gasteiger partial charge in [0.2, 0.25) is 0 Å². The van der Waals surface area contributed by atoms with Gasteiger partial charge in [-0.3, -0.25) is 9.59 Å². The molecule has 0 saturated heterocycles. The summed E-state index contributed by atoms with van der Waals surface area (Å²) in [5.74, 6) is -0.809. The zero-order valence-corrected chi connectivity index (χ0v) is 25.6. The molecule has 0 aromatic carbocycles. The highest BCUT2D eigenvalue weighted by Gasteiger charge is 2.11. The van der Waals surface area contributed by atoms with E-state index in [0.717, 1.165) is 109 Å². The molecule has 0 aliphatic carbocycles. The van der Waals surface area contributed by atoms with E-state index in [1.54, 1.807) is 0 Å². The van der Waals surface area contributed by atoms with Crippen LogP contribution >= 0.6 is 0 Å². The Labute approximate surface area is 246 Å². The Morgan fingerprint density at radius 2 is 1.05 bits per heavy atom. The lowest BCUT2D eigenvalue weighted by atomic mass is 10.1. The Hall–Kier alpha value is -2.62. The van der Waals surface area contributed by atoms with Crippen LogP contribution in [0.5, 0.6) is 0 Å². The van der Waals surface area contributed by atoms with Gasteiger partial charge in [-0.1, -0.05) is 113 Å². The van der Waals surface area contributed by atoms with Crippen LogP contribution in [0.25, 0.3) is 0 Å². The minimum atomic E-state index is -0.713.